The largest absolute Gasteiger partial charge is 0.481 e. The molecule has 174 valence electrons. The van der Waals surface area contributed by atoms with Crippen molar-refractivity contribution in [1.29, 1.82) is 0 Å². The minimum atomic E-state index is -0.355. The summed E-state index contributed by atoms with van der Waals surface area (Å²) >= 11 is 12.6. The predicted octanol–water partition coefficient (Wildman–Crippen LogP) is 4.46. The molecule has 1 aliphatic heterocycles. The average Bonchev–Trinajstić information content (AvgIpc) is 3.47. The van der Waals surface area contributed by atoms with Gasteiger partial charge < -0.3 is 10.1 Å². The van der Waals surface area contributed by atoms with Crippen LogP contribution in [0, 0.1) is 30.6 Å². The molecule has 0 unspecified atom stereocenters. The smallest absolute Gasteiger partial charge is 0.262 e. The number of fused-ring (bicyclic) bond motifs is 5. The number of ether oxygens (including phenoxy) is 1. The molecule has 2 aromatic rings. The summed E-state index contributed by atoms with van der Waals surface area (Å²) in [6, 6.07) is 10.5. The van der Waals surface area contributed by atoms with Gasteiger partial charge in [-0.15, -0.1) is 0 Å². The van der Waals surface area contributed by atoms with Crippen molar-refractivity contribution < 1.29 is 19.1 Å². The van der Waals surface area contributed by atoms with Gasteiger partial charge in [0.15, 0.2) is 12.4 Å². The van der Waals surface area contributed by atoms with Crippen LogP contribution in [0.1, 0.15) is 17.5 Å². The molecule has 5 rings (SSSR count). The van der Waals surface area contributed by atoms with Gasteiger partial charge in [-0.2, -0.15) is 10.1 Å². The zero-order valence-corrected chi connectivity index (χ0v) is 19.7. The average molecular weight is 498 g/mol. The number of allylic oxidation sites excluding steroid dienone is 2. The van der Waals surface area contributed by atoms with Crippen molar-refractivity contribution >= 4 is 52.8 Å². The second-order valence-corrected chi connectivity index (χ2v) is 9.51. The van der Waals surface area contributed by atoms with Gasteiger partial charge in [-0.3, -0.25) is 14.4 Å². The summed E-state index contributed by atoms with van der Waals surface area (Å²) in [5.41, 5.74) is 2.11. The molecule has 1 saturated heterocycles. The van der Waals surface area contributed by atoms with Crippen molar-refractivity contribution in [2.24, 2.45) is 28.8 Å². The number of nitrogens with one attached hydrogen (secondary N) is 1. The highest BCUT2D eigenvalue weighted by Crippen LogP contribution is 2.52. The summed E-state index contributed by atoms with van der Waals surface area (Å²) in [6.45, 7) is 1.61. The Bertz CT molecular complexity index is 1210. The molecule has 0 radical (unpaired) electrons. The Balaban J connectivity index is 1.24. The van der Waals surface area contributed by atoms with Gasteiger partial charge in [0.05, 0.1) is 28.1 Å². The number of para-hydroxylation sites is 1. The summed E-state index contributed by atoms with van der Waals surface area (Å²) in [7, 11) is 0. The minimum absolute atomic E-state index is 0.120. The fraction of sp³-hybridized carbons (Fsp3) is 0.280. The van der Waals surface area contributed by atoms with E-state index >= 15 is 0 Å². The van der Waals surface area contributed by atoms with Crippen LogP contribution in [0.15, 0.2) is 53.7 Å². The lowest BCUT2D eigenvalue weighted by atomic mass is 9.85. The van der Waals surface area contributed by atoms with E-state index < -0.39 is 0 Å². The second-order valence-electron chi connectivity index (χ2n) is 8.70. The fourth-order valence-electron chi connectivity index (χ4n) is 4.95. The van der Waals surface area contributed by atoms with Crippen LogP contribution >= 0.6 is 23.2 Å². The number of carbonyl (C=O) groups excluding carboxylic acids is 3. The number of halogens is 2. The Morgan fingerprint density at radius 1 is 1.12 bits per heavy atom. The first-order chi connectivity index (χ1) is 16.3. The van der Waals surface area contributed by atoms with Gasteiger partial charge in [0.2, 0.25) is 0 Å². The molecule has 3 amide bonds. The normalized spacial score (nSPS) is 24.9. The van der Waals surface area contributed by atoms with Crippen LogP contribution in [-0.4, -0.2) is 35.6 Å². The highest BCUT2D eigenvalue weighted by Gasteiger charge is 2.59. The Labute approximate surface area is 206 Å². The number of hydrogen-bond acceptors (Lipinski definition) is 5. The minimum Gasteiger partial charge on any atom is -0.481 e. The van der Waals surface area contributed by atoms with Crippen LogP contribution < -0.4 is 10.1 Å². The zero-order valence-electron chi connectivity index (χ0n) is 18.2. The van der Waals surface area contributed by atoms with Gasteiger partial charge in [0.25, 0.3) is 17.7 Å². The van der Waals surface area contributed by atoms with Gasteiger partial charge in [0, 0.05) is 5.69 Å². The Kier molecular flexibility index (Phi) is 5.91. The van der Waals surface area contributed by atoms with Crippen molar-refractivity contribution in [2.45, 2.75) is 13.3 Å². The van der Waals surface area contributed by atoms with Crippen LogP contribution in [0.25, 0.3) is 0 Å². The van der Waals surface area contributed by atoms with Crippen molar-refractivity contribution in [3.63, 3.8) is 0 Å². The number of rotatable bonds is 6. The lowest BCUT2D eigenvalue weighted by Crippen LogP contribution is -2.28. The third-order valence-electron chi connectivity index (χ3n) is 6.56. The molecular weight excluding hydrogens is 477 g/mol. The molecule has 2 aliphatic carbocycles. The summed E-state index contributed by atoms with van der Waals surface area (Å²) in [4.78, 5) is 37.7. The van der Waals surface area contributed by atoms with E-state index in [0.29, 0.717) is 11.3 Å². The van der Waals surface area contributed by atoms with E-state index in [2.05, 4.69) is 10.4 Å². The maximum Gasteiger partial charge on any atom is 0.262 e. The molecule has 2 fully saturated rings. The zero-order chi connectivity index (χ0) is 24.0. The van der Waals surface area contributed by atoms with Crippen molar-refractivity contribution in [3.05, 3.63) is 69.7 Å². The van der Waals surface area contributed by atoms with Crippen molar-refractivity contribution in [2.75, 3.05) is 11.9 Å². The molecule has 0 aromatic heterocycles. The number of amides is 3. The molecule has 2 aromatic carbocycles. The van der Waals surface area contributed by atoms with Crippen LogP contribution in [0.2, 0.25) is 10.0 Å². The third-order valence-corrected chi connectivity index (χ3v) is 7.12. The Hall–Kier alpha value is -3.16. The van der Waals surface area contributed by atoms with Crippen LogP contribution in [0.4, 0.5) is 5.69 Å². The van der Waals surface area contributed by atoms with Gasteiger partial charge in [-0.25, -0.2) is 0 Å². The summed E-state index contributed by atoms with van der Waals surface area (Å²) < 4.78 is 5.54. The molecule has 7 nitrogen and oxygen atoms in total. The predicted molar refractivity (Wildman–Crippen MR) is 129 cm³/mol. The van der Waals surface area contributed by atoms with E-state index in [1.165, 1.54) is 6.21 Å². The highest BCUT2D eigenvalue weighted by atomic mass is 35.5. The van der Waals surface area contributed by atoms with E-state index in [4.69, 9.17) is 27.9 Å². The first-order valence-electron chi connectivity index (χ1n) is 10.9. The number of benzene rings is 2. The quantitative estimate of drug-likeness (QED) is 0.362. The molecule has 1 heterocycles. The maximum absolute atomic E-state index is 12.7. The molecule has 34 heavy (non-hydrogen) atoms. The molecule has 3 aliphatic rings. The van der Waals surface area contributed by atoms with Crippen molar-refractivity contribution in [3.8, 4) is 5.75 Å². The van der Waals surface area contributed by atoms with Gasteiger partial charge in [-0.05, 0) is 54.5 Å². The molecule has 0 spiro atoms. The number of aryl methyl sites for hydroxylation is 1. The van der Waals surface area contributed by atoms with E-state index in [1.807, 2.05) is 37.3 Å². The Morgan fingerprint density at radius 2 is 1.74 bits per heavy atom. The van der Waals surface area contributed by atoms with Gasteiger partial charge >= 0.3 is 0 Å². The monoisotopic (exact) mass is 497 g/mol. The first-order valence-corrected chi connectivity index (χ1v) is 11.7. The number of anilines is 1. The maximum atomic E-state index is 12.7. The molecule has 9 heteroatoms. The SMILES string of the molecule is Cc1ccccc1NC(=O)COc1c(Cl)cc(C=NN2C(=O)[C@@H]3[C@H](C2=O)[C@H]2C=C[C@H]3C2)cc1Cl. The van der Waals surface area contributed by atoms with Gasteiger partial charge in [0.1, 0.15) is 0 Å². The molecule has 2 bridgehead atoms. The first kappa shape index (κ1) is 22.6. The summed E-state index contributed by atoms with van der Waals surface area (Å²) in [5.74, 6) is -1.11. The lowest BCUT2D eigenvalue weighted by Gasteiger charge is -2.13. The Morgan fingerprint density at radius 3 is 2.35 bits per heavy atom. The number of hydrazone groups is 1. The summed E-state index contributed by atoms with van der Waals surface area (Å²) in [6.07, 6.45) is 6.30. The topological polar surface area (TPSA) is 88.1 Å². The van der Waals surface area contributed by atoms with E-state index in [-0.39, 0.29) is 63.8 Å². The lowest BCUT2D eigenvalue weighted by molar-refractivity contribution is -0.140. The molecular formula is C25H21Cl2N3O4. The highest BCUT2D eigenvalue weighted by molar-refractivity contribution is 6.37. The number of hydrogen-bond donors (Lipinski definition) is 1. The summed E-state index contributed by atoms with van der Waals surface area (Å²) in [5, 5.41) is 8.22. The fourth-order valence-corrected chi connectivity index (χ4v) is 5.57. The number of nitrogens with zero attached hydrogens (tertiary/aromatic N) is 2. The van der Waals surface area contributed by atoms with Crippen LogP contribution in [0.3, 0.4) is 0 Å². The van der Waals surface area contributed by atoms with Crippen LogP contribution in [0.5, 0.6) is 5.75 Å². The van der Waals surface area contributed by atoms with Crippen LogP contribution in [-0.2, 0) is 14.4 Å². The van der Waals surface area contributed by atoms with E-state index in [0.717, 1.165) is 17.0 Å². The standard InChI is InChI=1S/C25H21Cl2N3O4/c1-13-4-2-3-5-19(13)29-20(31)12-34-23-17(26)8-14(9-18(23)27)11-28-30-24(32)21-15-6-7-16(10-15)22(21)25(30)33/h2-9,11,15-16,21-22H,10,12H2,1H3,(H,29,31)/t15-,16-,21-,22+/m0/s1. The number of imide groups is 1. The third kappa shape index (κ3) is 3.99. The van der Waals surface area contributed by atoms with E-state index in [9.17, 15) is 14.4 Å². The molecule has 1 saturated carbocycles. The van der Waals surface area contributed by atoms with Crippen molar-refractivity contribution in [1.82, 2.24) is 5.01 Å². The molecule has 4 atom stereocenters. The number of carbonyl (C=O) groups is 3. The molecule has 1 N–H and O–H groups in total. The van der Waals surface area contributed by atoms with Gasteiger partial charge in [-0.1, -0.05) is 53.6 Å². The van der Waals surface area contributed by atoms with E-state index in [1.54, 1.807) is 18.2 Å². The second kappa shape index (κ2) is 8.89.